The SMILES string of the molecule is CCOc1ccc(N2C(=O)C(=O)/C(=C(\O)c3cccc(OC)c3)C2c2ccccn2)cc1. The minimum Gasteiger partial charge on any atom is -0.507 e. The van der Waals surface area contributed by atoms with Crippen LogP contribution in [0.15, 0.2) is 78.5 Å². The zero-order valence-electron chi connectivity index (χ0n) is 17.7. The first kappa shape index (κ1) is 21.1. The largest absolute Gasteiger partial charge is 0.507 e. The average Bonchev–Trinajstić information content (AvgIpc) is 3.10. The summed E-state index contributed by atoms with van der Waals surface area (Å²) >= 11 is 0. The summed E-state index contributed by atoms with van der Waals surface area (Å²) < 4.78 is 10.7. The van der Waals surface area contributed by atoms with Crippen LogP contribution in [0.4, 0.5) is 5.69 Å². The first-order chi connectivity index (χ1) is 15.5. The summed E-state index contributed by atoms with van der Waals surface area (Å²) in [7, 11) is 1.51. The molecule has 32 heavy (non-hydrogen) atoms. The van der Waals surface area contributed by atoms with Gasteiger partial charge in [-0.15, -0.1) is 0 Å². The van der Waals surface area contributed by atoms with Gasteiger partial charge in [0.15, 0.2) is 0 Å². The van der Waals surface area contributed by atoms with Crippen molar-refractivity contribution in [3.8, 4) is 11.5 Å². The summed E-state index contributed by atoms with van der Waals surface area (Å²) in [6.07, 6.45) is 1.58. The lowest BCUT2D eigenvalue weighted by atomic mass is 9.98. The summed E-state index contributed by atoms with van der Waals surface area (Å²) in [6, 6.07) is 17.9. The van der Waals surface area contributed by atoms with Gasteiger partial charge in [0.25, 0.3) is 11.7 Å². The number of ether oxygens (including phenoxy) is 2. The van der Waals surface area contributed by atoms with Gasteiger partial charge in [0, 0.05) is 17.4 Å². The maximum absolute atomic E-state index is 13.1. The number of rotatable bonds is 6. The molecule has 1 amide bonds. The van der Waals surface area contributed by atoms with E-state index in [-0.39, 0.29) is 11.3 Å². The number of carbonyl (C=O) groups is 2. The average molecular weight is 430 g/mol. The number of ketones is 1. The molecule has 0 bridgehead atoms. The topological polar surface area (TPSA) is 89.0 Å². The van der Waals surface area contributed by atoms with Crippen molar-refractivity contribution < 1.29 is 24.2 Å². The first-order valence-electron chi connectivity index (χ1n) is 10.1. The zero-order valence-corrected chi connectivity index (χ0v) is 17.7. The number of pyridine rings is 1. The Kier molecular flexibility index (Phi) is 5.89. The number of hydrogen-bond donors (Lipinski definition) is 1. The van der Waals surface area contributed by atoms with Crippen LogP contribution >= 0.6 is 0 Å². The van der Waals surface area contributed by atoms with Gasteiger partial charge >= 0.3 is 0 Å². The molecule has 0 aliphatic carbocycles. The Morgan fingerprint density at radius 1 is 1.03 bits per heavy atom. The third kappa shape index (κ3) is 3.80. The lowest BCUT2D eigenvalue weighted by Crippen LogP contribution is -2.29. The van der Waals surface area contributed by atoms with E-state index in [2.05, 4.69) is 4.98 Å². The smallest absolute Gasteiger partial charge is 0.300 e. The van der Waals surface area contributed by atoms with Gasteiger partial charge in [0.05, 0.1) is 25.0 Å². The standard InChI is InChI=1S/C25H22N2O5/c1-3-32-18-12-10-17(11-13-18)27-22(20-9-4-5-14-26-20)21(24(29)25(27)30)23(28)16-7-6-8-19(15-16)31-2/h4-15,22,28H,3H2,1-2H3/b23-21-. The minimum absolute atomic E-state index is 0.0316. The number of benzene rings is 2. The number of aromatic nitrogens is 1. The van der Waals surface area contributed by atoms with Crippen molar-refractivity contribution in [1.82, 2.24) is 4.98 Å². The molecule has 1 aliphatic rings. The highest BCUT2D eigenvalue weighted by atomic mass is 16.5. The van der Waals surface area contributed by atoms with Gasteiger partial charge in [-0.2, -0.15) is 0 Å². The fraction of sp³-hybridized carbons (Fsp3) is 0.160. The highest BCUT2D eigenvalue weighted by Gasteiger charge is 2.47. The van der Waals surface area contributed by atoms with E-state index in [1.54, 1.807) is 72.9 Å². The van der Waals surface area contributed by atoms with E-state index in [0.717, 1.165) is 0 Å². The van der Waals surface area contributed by atoms with Crippen molar-refractivity contribution >= 4 is 23.1 Å². The van der Waals surface area contributed by atoms with Crippen LogP contribution in [-0.2, 0) is 9.59 Å². The molecular weight excluding hydrogens is 408 g/mol. The maximum Gasteiger partial charge on any atom is 0.300 e. The van der Waals surface area contributed by atoms with Crippen LogP contribution in [0.5, 0.6) is 11.5 Å². The lowest BCUT2D eigenvalue weighted by Gasteiger charge is -2.24. The fourth-order valence-electron chi connectivity index (χ4n) is 3.71. The molecule has 1 saturated heterocycles. The van der Waals surface area contributed by atoms with Crippen molar-refractivity contribution in [2.24, 2.45) is 0 Å². The molecule has 2 aromatic carbocycles. The highest BCUT2D eigenvalue weighted by Crippen LogP contribution is 2.42. The summed E-state index contributed by atoms with van der Waals surface area (Å²) in [5, 5.41) is 11.1. The predicted octanol–water partition coefficient (Wildman–Crippen LogP) is 4.12. The summed E-state index contributed by atoms with van der Waals surface area (Å²) in [5.74, 6) is -0.641. The number of methoxy groups -OCH3 is 1. The van der Waals surface area contributed by atoms with Crippen LogP contribution in [-0.4, -0.2) is 35.5 Å². The minimum atomic E-state index is -0.889. The molecule has 1 N–H and O–H groups in total. The second-order valence-electron chi connectivity index (χ2n) is 7.08. The molecule has 0 saturated carbocycles. The van der Waals surface area contributed by atoms with E-state index >= 15 is 0 Å². The number of aliphatic hydroxyl groups excluding tert-OH is 1. The molecule has 2 heterocycles. The van der Waals surface area contributed by atoms with Crippen LogP contribution in [0.2, 0.25) is 0 Å². The van der Waals surface area contributed by atoms with Gasteiger partial charge in [-0.25, -0.2) is 0 Å². The van der Waals surface area contributed by atoms with Gasteiger partial charge in [-0.3, -0.25) is 19.5 Å². The number of Topliss-reactive ketones (excluding diaryl/α,β-unsaturated/α-hetero) is 1. The Labute approximate surface area is 185 Å². The molecule has 1 aliphatic heterocycles. The Morgan fingerprint density at radius 2 is 1.81 bits per heavy atom. The van der Waals surface area contributed by atoms with Crippen molar-refractivity contribution in [1.29, 1.82) is 0 Å². The van der Waals surface area contributed by atoms with Crippen LogP contribution in [0, 0.1) is 0 Å². The number of anilines is 1. The van der Waals surface area contributed by atoms with Gasteiger partial charge in [-0.05, 0) is 55.5 Å². The molecule has 0 spiro atoms. The van der Waals surface area contributed by atoms with E-state index in [4.69, 9.17) is 9.47 Å². The molecule has 4 rings (SSSR count). The second-order valence-corrected chi connectivity index (χ2v) is 7.08. The lowest BCUT2D eigenvalue weighted by molar-refractivity contribution is -0.132. The maximum atomic E-state index is 13.1. The Bertz CT molecular complexity index is 1170. The van der Waals surface area contributed by atoms with Gasteiger partial charge in [0.2, 0.25) is 0 Å². The van der Waals surface area contributed by atoms with E-state index < -0.39 is 17.7 Å². The van der Waals surface area contributed by atoms with E-state index in [9.17, 15) is 14.7 Å². The van der Waals surface area contributed by atoms with Crippen LogP contribution < -0.4 is 14.4 Å². The van der Waals surface area contributed by atoms with Crippen molar-refractivity contribution in [3.63, 3.8) is 0 Å². The summed E-state index contributed by atoms with van der Waals surface area (Å²) in [4.78, 5) is 32.0. The molecular formula is C25H22N2O5. The normalized spacial score (nSPS) is 17.4. The molecule has 1 atom stereocenters. The van der Waals surface area contributed by atoms with E-state index in [1.807, 2.05) is 6.92 Å². The van der Waals surface area contributed by atoms with Gasteiger partial charge in [0.1, 0.15) is 23.3 Å². The van der Waals surface area contributed by atoms with Crippen LogP contribution in [0.1, 0.15) is 24.2 Å². The van der Waals surface area contributed by atoms with Crippen molar-refractivity contribution in [2.45, 2.75) is 13.0 Å². The van der Waals surface area contributed by atoms with Crippen molar-refractivity contribution in [3.05, 3.63) is 89.8 Å². The Balaban J connectivity index is 1.88. The number of hydrogen-bond acceptors (Lipinski definition) is 6. The third-order valence-corrected chi connectivity index (χ3v) is 5.18. The van der Waals surface area contributed by atoms with Gasteiger partial charge in [-0.1, -0.05) is 18.2 Å². The number of nitrogens with zero attached hydrogens (tertiary/aromatic N) is 2. The Morgan fingerprint density at radius 3 is 2.47 bits per heavy atom. The van der Waals surface area contributed by atoms with Crippen LogP contribution in [0.25, 0.3) is 5.76 Å². The number of carbonyl (C=O) groups excluding carboxylic acids is 2. The fourth-order valence-corrected chi connectivity index (χ4v) is 3.71. The molecule has 7 heteroatoms. The molecule has 1 fully saturated rings. The van der Waals surface area contributed by atoms with E-state index in [1.165, 1.54) is 12.0 Å². The molecule has 162 valence electrons. The van der Waals surface area contributed by atoms with Gasteiger partial charge < -0.3 is 14.6 Å². The third-order valence-electron chi connectivity index (χ3n) is 5.18. The molecule has 3 aromatic rings. The monoisotopic (exact) mass is 430 g/mol. The zero-order chi connectivity index (χ0) is 22.7. The first-order valence-corrected chi connectivity index (χ1v) is 10.1. The van der Waals surface area contributed by atoms with Crippen molar-refractivity contribution in [2.75, 3.05) is 18.6 Å². The number of amides is 1. The molecule has 0 radical (unpaired) electrons. The predicted molar refractivity (Wildman–Crippen MR) is 120 cm³/mol. The summed E-state index contributed by atoms with van der Waals surface area (Å²) in [6.45, 7) is 2.39. The molecule has 7 nitrogen and oxygen atoms in total. The quantitative estimate of drug-likeness (QED) is 0.360. The Hall–Kier alpha value is -4.13. The summed E-state index contributed by atoms with van der Waals surface area (Å²) in [5.41, 5.74) is 1.30. The van der Waals surface area contributed by atoms with E-state index in [0.29, 0.717) is 35.1 Å². The highest BCUT2D eigenvalue weighted by molar-refractivity contribution is 6.51. The van der Waals surface area contributed by atoms with Crippen LogP contribution in [0.3, 0.4) is 0 Å². The number of aliphatic hydroxyl groups is 1. The molecule has 1 unspecified atom stereocenters. The second kappa shape index (κ2) is 8.93. The molecule has 1 aromatic heterocycles.